The van der Waals surface area contributed by atoms with Crippen molar-refractivity contribution in [3.8, 4) is 0 Å². The van der Waals surface area contributed by atoms with Gasteiger partial charge >= 0.3 is 6.18 Å². The smallest absolute Gasteiger partial charge is 0.340 e. The summed E-state index contributed by atoms with van der Waals surface area (Å²) >= 11 is 0. The van der Waals surface area contributed by atoms with E-state index in [1.165, 1.54) is 12.8 Å². The summed E-state index contributed by atoms with van der Waals surface area (Å²) < 4.78 is 40.7. The van der Waals surface area contributed by atoms with Gasteiger partial charge in [0, 0.05) is 17.6 Å². The fourth-order valence-electron chi connectivity index (χ4n) is 3.84. The van der Waals surface area contributed by atoms with Crippen molar-refractivity contribution in [2.75, 3.05) is 10.6 Å². The normalized spacial score (nSPS) is 14.7. The maximum atomic E-state index is 13.6. The molecule has 4 nitrogen and oxygen atoms in total. The molecule has 1 aliphatic rings. The van der Waals surface area contributed by atoms with Gasteiger partial charge in [-0.2, -0.15) is 18.2 Å². The standard InChI is InChI=1S/C23H23F3N4/c1-15-7-2-5-12-20(15)29-22-27-14-19(23(24,25)26)21(30-22)28-18-11-6-10-17(13-18)16-8-3-4-9-16/h2,5-7,10-14,16H,3-4,8-9H2,1H3,(H2,27,28,29,30). The molecule has 0 aliphatic heterocycles. The first-order valence-corrected chi connectivity index (χ1v) is 10.0. The van der Waals surface area contributed by atoms with Crippen LogP contribution in [0.25, 0.3) is 0 Å². The number of rotatable bonds is 5. The minimum atomic E-state index is -4.56. The fraction of sp³-hybridized carbons (Fsp3) is 0.304. The number of aromatic nitrogens is 2. The van der Waals surface area contributed by atoms with Crippen LogP contribution in [0.15, 0.2) is 54.7 Å². The number of hydrogen-bond donors (Lipinski definition) is 2. The molecule has 0 amide bonds. The zero-order valence-corrected chi connectivity index (χ0v) is 16.6. The molecule has 3 aromatic rings. The number of nitrogens with one attached hydrogen (secondary N) is 2. The monoisotopic (exact) mass is 412 g/mol. The van der Waals surface area contributed by atoms with Gasteiger partial charge in [-0.3, -0.25) is 0 Å². The lowest BCUT2D eigenvalue weighted by molar-refractivity contribution is -0.137. The number of alkyl halides is 3. The molecule has 0 spiro atoms. The quantitative estimate of drug-likeness (QED) is 0.476. The number of nitrogens with zero attached hydrogens (tertiary/aromatic N) is 2. The molecule has 0 saturated heterocycles. The highest BCUT2D eigenvalue weighted by Gasteiger charge is 2.35. The lowest BCUT2D eigenvalue weighted by Gasteiger charge is -2.16. The zero-order chi connectivity index (χ0) is 21.1. The van der Waals surface area contributed by atoms with Gasteiger partial charge in [-0.15, -0.1) is 0 Å². The van der Waals surface area contributed by atoms with E-state index in [0.29, 0.717) is 11.6 Å². The summed E-state index contributed by atoms with van der Waals surface area (Å²) in [7, 11) is 0. The molecule has 7 heteroatoms. The number of anilines is 4. The zero-order valence-electron chi connectivity index (χ0n) is 16.6. The third-order valence-corrected chi connectivity index (χ3v) is 5.46. The second-order valence-electron chi connectivity index (χ2n) is 7.63. The van der Waals surface area contributed by atoms with Gasteiger partial charge in [-0.1, -0.05) is 43.2 Å². The number of halogens is 3. The van der Waals surface area contributed by atoms with E-state index in [-0.39, 0.29) is 11.8 Å². The van der Waals surface area contributed by atoms with Crippen LogP contribution in [0, 0.1) is 6.92 Å². The third kappa shape index (κ3) is 4.56. The third-order valence-electron chi connectivity index (χ3n) is 5.46. The van der Waals surface area contributed by atoms with E-state index in [2.05, 4.69) is 20.6 Å². The first kappa shape index (κ1) is 20.2. The molecule has 0 radical (unpaired) electrons. The van der Waals surface area contributed by atoms with E-state index in [1.807, 2.05) is 49.4 Å². The largest absolute Gasteiger partial charge is 0.421 e. The molecule has 0 unspecified atom stereocenters. The second-order valence-corrected chi connectivity index (χ2v) is 7.63. The highest BCUT2D eigenvalue weighted by atomic mass is 19.4. The van der Waals surface area contributed by atoms with Crippen molar-refractivity contribution in [3.63, 3.8) is 0 Å². The van der Waals surface area contributed by atoms with Crippen molar-refractivity contribution >= 4 is 23.1 Å². The Morgan fingerprint density at radius 1 is 0.967 bits per heavy atom. The molecule has 4 rings (SSSR count). The van der Waals surface area contributed by atoms with Gasteiger partial charge in [-0.05, 0) is 55.0 Å². The van der Waals surface area contributed by atoms with Gasteiger partial charge in [0.05, 0.1) is 0 Å². The molecule has 1 aromatic heterocycles. The van der Waals surface area contributed by atoms with Crippen LogP contribution in [0.3, 0.4) is 0 Å². The number of hydrogen-bond acceptors (Lipinski definition) is 4. The van der Waals surface area contributed by atoms with Crippen LogP contribution in [0.1, 0.15) is 48.3 Å². The molecule has 2 aromatic carbocycles. The van der Waals surface area contributed by atoms with Crippen molar-refractivity contribution in [1.82, 2.24) is 9.97 Å². The summed E-state index contributed by atoms with van der Waals surface area (Å²) in [6, 6.07) is 15.1. The van der Waals surface area contributed by atoms with Gasteiger partial charge in [0.1, 0.15) is 11.4 Å². The molecule has 30 heavy (non-hydrogen) atoms. The van der Waals surface area contributed by atoms with E-state index in [1.54, 1.807) is 6.07 Å². The number of para-hydroxylation sites is 1. The van der Waals surface area contributed by atoms with Crippen LogP contribution in [-0.2, 0) is 6.18 Å². The summed E-state index contributed by atoms with van der Waals surface area (Å²) in [4.78, 5) is 8.03. The van der Waals surface area contributed by atoms with E-state index in [0.717, 1.165) is 35.9 Å². The van der Waals surface area contributed by atoms with Crippen LogP contribution in [0.4, 0.5) is 36.3 Å². The first-order valence-electron chi connectivity index (χ1n) is 10.0. The lowest BCUT2D eigenvalue weighted by Crippen LogP contribution is -2.13. The Labute approximate surface area is 173 Å². The Kier molecular flexibility index (Phi) is 5.61. The van der Waals surface area contributed by atoms with Crippen LogP contribution in [-0.4, -0.2) is 9.97 Å². The van der Waals surface area contributed by atoms with E-state index in [4.69, 9.17) is 0 Å². The molecular formula is C23H23F3N4. The molecule has 156 valence electrons. The van der Waals surface area contributed by atoms with Crippen molar-refractivity contribution < 1.29 is 13.2 Å². The van der Waals surface area contributed by atoms with E-state index < -0.39 is 11.7 Å². The predicted octanol–water partition coefficient (Wildman–Crippen LogP) is 6.95. The SMILES string of the molecule is Cc1ccccc1Nc1ncc(C(F)(F)F)c(Nc2cccc(C3CCCC3)c2)n1. The van der Waals surface area contributed by atoms with Crippen molar-refractivity contribution in [3.05, 3.63) is 71.4 Å². The molecule has 1 aliphatic carbocycles. The van der Waals surface area contributed by atoms with Gasteiger partial charge in [0.25, 0.3) is 0 Å². The van der Waals surface area contributed by atoms with Crippen LogP contribution >= 0.6 is 0 Å². The lowest BCUT2D eigenvalue weighted by atomic mass is 9.97. The highest BCUT2D eigenvalue weighted by molar-refractivity contribution is 5.64. The first-order chi connectivity index (χ1) is 14.4. The summed E-state index contributed by atoms with van der Waals surface area (Å²) in [5.74, 6) is 0.307. The average Bonchev–Trinajstić information content (AvgIpc) is 3.24. The maximum Gasteiger partial charge on any atom is 0.421 e. The van der Waals surface area contributed by atoms with Crippen LogP contribution < -0.4 is 10.6 Å². The maximum absolute atomic E-state index is 13.6. The molecule has 0 atom stereocenters. The Balaban J connectivity index is 1.65. The minimum absolute atomic E-state index is 0.103. The van der Waals surface area contributed by atoms with Crippen molar-refractivity contribution in [1.29, 1.82) is 0 Å². The predicted molar refractivity (Wildman–Crippen MR) is 112 cm³/mol. The Hall–Kier alpha value is -3.09. The van der Waals surface area contributed by atoms with Crippen molar-refractivity contribution in [2.24, 2.45) is 0 Å². The van der Waals surface area contributed by atoms with Crippen LogP contribution in [0.2, 0.25) is 0 Å². The molecule has 0 bridgehead atoms. The molecule has 1 fully saturated rings. The van der Waals surface area contributed by atoms with Gasteiger partial charge in [0.2, 0.25) is 5.95 Å². The molecule has 1 saturated carbocycles. The topological polar surface area (TPSA) is 49.8 Å². The molecule has 2 N–H and O–H groups in total. The summed E-state index contributed by atoms with van der Waals surface area (Å²) in [5, 5.41) is 5.88. The summed E-state index contributed by atoms with van der Waals surface area (Å²) in [5.41, 5.74) is 2.53. The van der Waals surface area contributed by atoms with E-state index >= 15 is 0 Å². The van der Waals surface area contributed by atoms with E-state index in [9.17, 15) is 13.2 Å². The van der Waals surface area contributed by atoms with Gasteiger partial charge in [-0.25, -0.2) is 4.98 Å². The molecule has 1 heterocycles. The van der Waals surface area contributed by atoms with Crippen LogP contribution in [0.5, 0.6) is 0 Å². The summed E-state index contributed by atoms with van der Waals surface area (Å²) in [6.07, 6.45) is 0.884. The van der Waals surface area contributed by atoms with Gasteiger partial charge in [0.15, 0.2) is 0 Å². The molecular weight excluding hydrogens is 389 g/mol. The Bertz CT molecular complexity index is 1030. The second kappa shape index (κ2) is 8.34. The average molecular weight is 412 g/mol. The fourth-order valence-corrected chi connectivity index (χ4v) is 3.84. The van der Waals surface area contributed by atoms with Crippen molar-refractivity contribution in [2.45, 2.75) is 44.7 Å². The highest BCUT2D eigenvalue weighted by Crippen LogP contribution is 2.37. The number of aryl methyl sites for hydroxylation is 1. The summed E-state index contributed by atoms with van der Waals surface area (Å²) in [6.45, 7) is 1.90. The Morgan fingerprint density at radius 3 is 2.47 bits per heavy atom. The number of benzene rings is 2. The minimum Gasteiger partial charge on any atom is -0.340 e. The van der Waals surface area contributed by atoms with Gasteiger partial charge < -0.3 is 10.6 Å². The Morgan fingerprint density at radius 2 is 1.73 bits per heavy atom.